The number of halogens is 2. The lowest BCUT2D eigenvalue weighted by molar-refractivity contribution is 0.230. The lowest BCUT2D eigenvalue weighted by Gasteiger charge is -2.35. The Balaban J connectivity index is 2.90. The lowest BCUT2D eigenvalue weighted by atomic mass is 9.79. The number of rotatable bonds is 7. The predicted molar refractivity (Wildman–Crippen MR) is 81.3 cm³/mol. The molecular formula is C16H25ClFN. The van der Waals surface area contributed by atoms with Crippen LogP contribution in [-0.4, -0.2) is 12.6 Å². The second-order valence-corrected chi connectivity index (χ2v) is 6.20. The summed E-state index contributed by atoms with van der Waals surface area (Å²) in [7, 11) is 0. The van der Waals surface area contributed by atoms with Gasteiger partial charge in [-0.05, 0) is 55.0 Å². The summed E-state index contributed by atoms with van der Waals surface area (Å²) in [5, 5.41) is 4.22. The molecule has 1 atom stereocenters. The summed E-state index contributed by atoms with van der Waals surface area (Å²) in [6, 6.07) is 4.90. The zero-order valence-electron chi connectivity index (χ0n) is 12.4. The molecule has 0 fully saturated rings. The standard InChI is InChI=1S/C16H25ClFN/c1-5-9-19-15(16(3,4)6-2)11-12-10-13(18)7-8-14(12)17/h7-8,10,15,19H,5-6,9,11H2,1-4H3. The quantitative estimate of drug-likeness (QED) is 0.757. The van der Waals surface area contributed by atoms with Crippen LogP contribution in [0, 0.1) is 11.2 Å². The molecule has 19 heavy (non-hydrogen) atoms. The van der Waals surface area contributed by atoms with E-state index in [0.717, 1.165) is 31.4 Å². The third-order valence-corrected chi connectivity index (χ3v) is 4.30. The molecule has 0 amide bonds. The van der Waals surface area contributed by atoms with Gasteiger partial charge in [0.25, 0.3) is 0 Å². The van der Waals surface area contributed by atoms with Gasteiger partial charge in [-0.25, -0.2) is 4.39 Å². The van der Waals surface area contributed by atoms with Crippen molar-refractivity contribution >= 4 is 11.6 Å². The van der Waals surface area contributed by atoms with E-state index in [1.165, 1.54) is 6.07 Å². The first-order chi connectivity index (χ1) is 8.90. The second-order valence-electron chi connectivity index (χ2n) is 5.79. The van der Waals surface area contributed by atoms with Crippen LogP contribution in [0.5, 0.6) is 0 Å². The van der Waals surface area contributed by atoms with Crippen LogP contribution in [0.25, 0.3) is 0 Å². The zero-order chi connectivity index (χ0) is 14.5. The highest BCUT2D eigenvalue weighted by Crippen LogP contribution is 2.29. The van der Waals surface area contributed by atoms with E-state index in [0.29, 0.717) is 11.1 Å². The molecule has 1 aromatic rings. The maximum Gasteiger partial charge on any atom is 0.123 e. The van der Waals surface area contributed by atoms with Crippen LogP contribution < -0.4 is 5.32 Å². The minimum absolute atomic E-state index is 0.158. The summed E-state index contributed by atoms with van der Waals surface area (Å²) in [5.41, 5.74) is 1.04. The molecule has 1 rings (SSSR count). The van der Waals surface area contributed by atoms with Crippen LogP contribution in [0.4, 0.5) is 4.39 Å². The molecule has 0 radical (unpaired) electrons. The smallest absolute Gasteiger partial charge is 0.123 e. The van der Waals surface area contributed by atoms with Crippen LogP contribution in [-0.2, 0) is 6.42 Å². The fraction of sp³-hybridized carbons (Fsp3) is 0.625. The van der Waals surface area contributed by atoms with E-state index in [-0.39, 0.29) is 11.2 Å². The molecule has 3 heteroatoms. The van der Waals surface area contributed by atoms with Crippen molar-refractivity contribution in [1.82, 2.24) is 5.32 Å². The Morgan fingerprint density at radius 3 is 2.58 bits per heavy atom. The van der Waals surface area contributed by atoms with Gasteiger partial charge in [-0.15, -0.1) is 0 Å². The first-order valence-corrected chi connectivity index (χ1v) is 7.45. The van der Waals surface area contributed by atoms with Crippen LogP contribution in [0.3, 0.4) is 0 Å². The summed E-state index contributed by atoms with van der Waals surface area (Å²) in [5.74, 6) is -0.219. The summed E-state index contributed by atoms with van der Waals surface area (Å²) in [6.07, 6.45) is 2.92. The molecule has 0 aliphatic rings. The van der Waals surface area contributed by atoms with E-state index in [2.05, 4.69) is 33.0 Å². The molecule has 0 aromatic heterocycles. The predicted octanol–water partition coefficient (Wildman–Crippen LogP) is 4.83. The van der Waals surface area contributed by atoms with Crippen molar-refractivity contribution in [2.24, 2.45) is 5.41 Å². The Hall–Kier alpha value is -0.600. The Kier molecular flexibility index (Phi) is 6.28. The Morgan fingerprint density at radius 2 is 2.00 bits per heavy atom. The lowest BCUT2D eigenvalue weighted by Crippen LogP contribution is -2.43. The molecule has 1 unspecified atom stereocenters. The van der Waals surface area contributed by atoms with E-state index in [1.807, 2.05) is 0 Å². The minimum Gasteiger partial charge on any atom is -0.313 e. The number of nitrogens with one attached hydrogen (secondary N) is 1. The highest BCUT2D eigenvalue weighted by atomic mass is 35.5. The SMILES string of the molecule is CCCNC(Cc1cc(F)ccc1Cl)C(C)(C)CC. The fourth-order valence-corrected chi connectivity index (χ4v) is 2.30. The molecule has 108 valence electrons. The van der Waals surface area contributed by atoms with Crippen LogP contribution in [0.1, 0.15) is 46.1 Å². The van der Waals surface area contributed by atoms with Crippen LogP contribution in [0.2, 0.25) is 5.02 Å². The minimum atomic E-state index is -0.219. The number of hydrogen-bond acceptors (Lipinski definition) is 1. The largest absolute Gasteiger partial charge is 0.313 e. The highest BCUT2D eigenvalue weighted by Gasteiger charge is 2.27. The average molecular weight is 286 g/mol. The molecule has 0 bridgehead atoms. The molecule has 0 spiro atoms. The van der Waals surface area contributed by atoms with E-state index in [4.69, 9.17) is 11.6 Å². The Morgan fingerprint density at radius 1 is 1.32 bits per heavy atom. The third-order valence-electron chi connectivity index (χ3n) is 3.93. The molecule has 1 nitrogen and oxygen atoms in total. The molecule has 0 saturated carbocycles. The van der Waals surface area contributed by atoms with Crippen molar-refractivity contribution in [3.63, 3.8) is 0 Å². The van der Waals surface area contributed by atoms with Gasteiger partial charge in [0.15, 0.2) is 0 Å². The molecule has 0 aliphatic carbocycles. The fourth-order valence-electron chi connectivity index (χ4n) is 2.11. The highest BCUT2D eigenvalue weighted by molar-refractivity contribution is 6.31. The van der Waals surface area contributed by atoms with Gasteiger partial charge in [-0.3, -0.25) is 0 Å². The summed E-state index contributed by atoms with van der Waals surface area (Å²) < 4.78 is 13.3. The maximum atomic E-state index is 13.3. The van der Waals surface area contributed by atoms with Gasteiger partial charge < -0.3 is 5.32 Å². The van der Waals surface area contributed by atoms with Crippen molar-refractivity contribution in [1.29, 1.82) is 0 Å². The van der Waals surface area contributed by atoms with Gasteiger partial charge in [0.1, 0.15) is 5.82 Å². The van der Waals surface area contributed by atoms with Gasteiger partial charge in [0, 0.05) is 11.1 Å². The summed E-state index contributed by atoms with van der Waals surface area (Å²) in [6.45, 7) is 9.80. The normalized spacial score (nSPS) is 13.6. The van der Waals surface area contributed by atoms with E-state index >= 15 is 0 Å². The Labute approximate surface area is 121 Å². The third kappa shape index (κ3) is 4.77. The molecule has 0 aliphatic heterocycles. The van der Waals surface area contributed by atoms with E-state index < -0.39 is 0 Å². The molecule has 0 saturated heterocycles. The van der Waals surface area contributed by atoms with Crippen LogP contribution >= 0.6 is 11.6 Å². The first-order valence-electron chi connectivity index (χ1n) is 7.08. The first kappa shape index (κ1) is 16.5. The van der Waals surface area contributed by atoms with Gasteiger partial charge in [-0.2, -0.15) is 0 Å². The second kappa shape index (κ2) is 7.25. The van der Waals surface area contributed by atoms with Crippen molar-refractivity contribution in [2.45, 2.75) is 53.0 Å². The van der Waals surface area contributed by atoms with Gasteiger partial charge in [0.2, 0.25) is 0 Å². The van der Waals surface area contributed by atoms with E-state index in [1.54, 1.807) is 12.1 Å². The summed E-state index contributed by atoms with van der Waals surface area (Å²) in [4.78, 5) is 0. The number of benzene rings is 1. The molecule has 0 heterocycles. The van der Waals surface area contributed by atoms with Gasteiger partial charge in [-0.1, -0.05) is 39.3 Å². The maximum absolute atomic E-state index is 13.3. The molecule has 1 aromatic carbocycles. The van der Waals surface area contributed by atoms with Crippen molar-refractivity contribution in [3.05, 3.63) is 34.6 Å². The van der Waals surface area contributed by atoms with E-state index in [9.17, 15) is 4.39 Å². The van der Waals surface area contributed by atoms with Gasteiger partial charge >= 0.3 is 0 Å². The van der Waals surface area contributed by atoms with Crippen LogP contribution in [0.15, 0.2) is 18.2 Å². The monoisotopic (exact) mass is 285 g/mol. The zero-order valence-corrected chi connectivity index (χ0v) is 13.1. The Bertz CT molecular complexity index is 404. The average Bonchev–Trinajstić information content (AvgIpc) is 2.38. The van der Waals surface area contributed by atoms with Gasteiger partial charge in [0.05, 0.1) is 0 Å². The van der Waals surface area contributed by atoms with Crippen molar-refractivity contribution < 1.29 is 4.39 Å². The molecular weight excluding hydrogens is 261 g/mol. The number of hydrogen-bond donors (Lipinski definition) is 1. The topological polar surface area (TPSA) is 12.0 Å². The molecule has 1 N–H and O–H groups in total. The van der Waals surface area contributed by atoms with Crippen molar-refractivity contribution in [2.75, 3.05) is 6.54 Å². The van der Waals surface area contributed by atoms with Crippen molar-refractivity contribution in [3.8, 4) is 0 Å². The summed E-state index contributed by atoms with van der Waals surface area (Å²) >= 11 is 6.17.